The van der Waals surface area contributed by atoms with Gasteiger partial charge in [0, 0.05) is 26.2 Å². The van der Waals surface area contributed by atoms with Crippen molar-refractivity contribution >= 4 is 17.9 Å². The second-order valence-electron chi connectivity index (χ2n) is 5.79. The van der Waals surface area contributed by atoms with Gasteiger partial charge < -0.3 is 20.6 Å². The maximum atomic E-state index is 12.4. The first kappa shape index (κ1) is 14.6. The van der Waals surface area contributed by atoms with Gasteiger partial charge >= 0.3 is 12.0 Å². The van der Waals surface area contributed by atoms with Crippen molar-refractivity contribution in [2.24, 2.45) is 23.5 Å². The summed E-state index contributed by atoms with van der Waals surface area (Å²) < 4.78 is 0. The van der Waals surface area contributed by atoms with E-state index in [1.54, 1.807) is 4.90 Å². The Bertz CT molecular complexity index is 420. The number of aliphatic carboxylic acids is 1. The summed E-state index contributed by atoms with van der Waals surface area (Å²) in [4.78, 5) is 37.8. The number of piperidine rings is 1. The topological polar surface area (TPSA) is 104 Å². The van der Waals surface area contributed by atoms with Crippen LogP contribution in [0.3, 0.4) is 0 Å². The zero-order valence-corrected chi connectivity index (χ0v) is 11.6. The lowest BCUT2D eigenvalue weighted by molar-refractivity contribution is -0.142. The number of hydrogen-bond donors (Lipinski definition) is 2. The number of nitrogens with zero attached hydrogens (tertiary/aromatic N) is 2. The monoisotopic (exact) mass is 283 g/mol. The van der Waals surface area contributed by atoms with Gasteiger partial charge in [-0.05, 0) is 18.8 Å². The number of nitrogens with two attached hydrogens (primary N) is 1. The number of urea groups is 1. The third-order valence-corrected chi connectivity index (χ3v) is 4.32. The number of hydrogen-bond acceptors (Lipinski definition) is 3. The third-order valence-electron chi connectivity index (χ3n) is 4.32. The van der Waals surface area contributed by atoms with Crippen molar-refractivity contribution < 1.29 is 19.5 Å². The summed E-state index contributed by atoms with van der Waals surface area (Å²) in [5.74, 6) is -1.68. The van der Waals surface area contributed by atoms with Crippen LogP contribution in [-0.2, 0) is 9.59 Å². The minimum Gasteiger partial charge on any atom is -0.481 e. The summed E-state index contributed by atoms with van der Waals surface area (Å²) in [5, 5.41) is 9.10. The number of carbonyl (C=O) groups is 3. The summed E-state index contributed by atoms with van der Waals surface area (Å²) in [7, 11) is 0. The van der Waals surface area contributed by atoms with Crippen molar-refractivity contribution in [3.8, 4) is 0 Å². The summed E-state index contributed by atoms with van der Waals surface area (Å²) in [6, 6.07) is -0.499. The zero-order chi connectivity index (χ0) is 14.9. The molecule has 0 saturated carbocycles. The first-order chi connectivity index (χ1) is 9.40. The smallest absolute Gasteiger partial charge is 0.314 e. The molecule has 0 aliphatic carbocycles. The number of primary amides is 1. The number of carboxylic acid groups (broad SMARTS) is 1. The van der Waals surface area contributed by atoms with Crippen LogP contribution in [0.5, 0.6) is 0 Å². The molecule has 0 aromatic heterocycles. The normalized spacial score (nSPS) is 30.4. The largest absolute Gasteiger partial charge is 0.481 e. The molecule has 3 amide bonds. The van der Waals surface area contributed by atoms with Crippen LogP contribution in [0.4, 0.5) is 4.79 Å². The fourth-order valence-electron chi connectivity index (χ4n) is 3.11. The molecule has 20 heavy (non-hydrogen) atoms. The Morgan fingerprint density at radius 1 is 1.15 bits per heavy atom. The molecule has 2 rings (SSSR count). The lowest BCUT2D eigenvalue weighted by atomic mass is 9.97. The molecule has 2 aliphatic heterocycles. The highest BCUT2D eigenvalue weighted by molar-refractivity contribution is 5.82. The molecule has 112 valence electrons. The maximum absolute atomic E-state index is 12.4. The predicted octanol–water partition coefficient (Wildman–Crippen LogP) is -0.0438. The Balaban J connectivity index is 1.98. The van der Waals surface area contributed by atoms with Crippen LogP contribution in [0.1, 0.15) is 19.8 Å². The molecule has 2 saturated heterocycles. The summed E-state index contributed by atoms with van der Waals surface area (Å²) in [5.41, 5.74) is 5.25. The molecular weight excluding hydrogens is 262 g/mol. The molecule has 0 aromatic rings. The molecule has 1 unspecified atom stereocenters. The summed E-state index contributed by atoms with van der Waals surface area (Å²) >= 11 is 0. The third kappa shape index (κ3) is 2.86. The highest BCUT2D eigenvalue weighted by Crippen LogP contribution is 2.27. The second kappa shape index (κ2) is 5.68. The van der Waals surface area contributed by atoms with E-state index in [0.29, 0.717) is 19.6 Å². The number of carbonyl (C=O) groups excluding carboxylic acids is 2. The first-order valence-corrected chi connectivity index (χ1v) is 6.96. The lowest BCUT2D eigenvalue weighted by Gasteiger charge is -2.32. The van der Waals surface area contributed by atoms with Gasteiger partial charge in [0.1, 0.15) is 0 Å². The minimum absolute atomic E-state index is 0.0349. The van der Waals surface area contributed by atoms with E-state index in [1.165, 1.54) is 4.90 Å². The fourth-order valence-corrected chi connectivity index (χ4v) is 3.11. The summed E-state index contributed by atoms with van der Waals surface area (Å²) in [6.45, 7) is 3.53. The Hall–Kier alpha value is -1.79. The van der Waals surface area contributed by atoms with Crippen molar-refractivity contribution in [1.82, 2.24) is 9.80 Å². The van der Waals surface area contributed by atoms with Crippen LogP contribution in [0.25, 0.3) is 0 Å². The van der Waals surface area contributed by atoms with E-state index in [-0.39, 0.29) is 24.3 Å². The van der Waals surface area contributed by atoms with Crippen LogP contribution in [0.2, 0.25) is 0 Å². The van der Waals surface area contributed by atoms with Gasteiger partial charge in [0.15, 0.2) is 0 Å². The van der Waals surface area contributed by atoms with Crippen molar-refractivity contribution in [3.63, 3.8) is 0 Å². The summed E-state index contributed by atoms with van der Waals surface area (Å²) in [6.07, 6.45) is 1.48. The van der Waals surface area contributed by atoms with Gasteiger partial charge in [-0.25, -0.2) is 4.79 Å². The Kier molecular flexibility index (Phi) is 4.15. The van der Waals surface area contributed by atoms with Gasteiger partial charge in [0.05, 0.1) is 11.8 Å². The van der Waals surface area contributed by atoms with E-state index in [4.69, 9.17) is 10.8 Å². The molecule has 3 atom stereocenters. The van der Waals surface area contributed by atoms with Gasteiger partial charge in [-0.1, -0.05) is 6.92 Å². The number of likely N-dealkylation sites (tertiary alicyclic amines) is 2. The van der Waals surface area contributed by atoms with E-state index in [9.17, 15) is 14.4 Å². The lowest BCUT2D eigenvalue weighted by Crippen LogP contribution is -2.48. The van der Waals surface area contributed by atoms with Crippen molar-refractivity contribution in [2.45, 2.75) is 19.8 Å². The number of carboxylic acids is 1. The van der Waals surface area contributed by atoms with Crippen molar-refractivity contribution in [3.05, 3.63) is 0 Å². The van der Waals surface area contributed by atoms with Crippen LogP contribution in [0.15, 0.2) is 0 Å². The second-order valence-corrected chi connectivity index (χ2v) is 5.79. The molecule has 7 heteroatoms. The van der Waals surface area contributed by atoms with E-state index in [1.807, 2.05) is 6.92 Å². The molecule has 0 bridgehead atoms. The first-order valence-electron chi connectivity index (χ1n) is 6.96. The molecule has 3 N–H and O–H groups in total. The molecule has 0 radical (unpaired) electrons. The van der Waals surface area contributed by atoms with Gasteiger partial charge in [-0.15, -0.1) is 0 Å². The minimum atomic E-state index is -0.852. The Labute approximate surface area is 117 Å². The van der Waals surface area contributed by atoms with Crippen LogP contribution < -0.4 is 5.73 Å². The van der Waals surface area contributed by atoms with Crippen LogP contribution in [-0.4, -0.2) is 59.0 Å². The van der Waals surface area contributed by atoms with Gasteiger partial charge in [-0.3, -0.25) is 9.59 Å². The molecule has 2 fully saturated rings. The Morgan fingerprint density at radius 3 is 2.40 bits per heavy atom. The predicted molar refractivity (Wildman–Crippen MR) is 70.8 cm³/mol. The van der Waals surface area contributed by atoms with Gasteiger partial charge in [0.2, 0.25) is 5.91 Å². The van der Waals surface area contributed by atoms with E-state index in [0.717, 1.165) is 12.8 Å². The fraction of sp³-hybridized carbons (Fsp3) is 0.769. The number of amides is 3. The van der Waals surface area contributed by atoms with Gasteiger partial charge in [-0.2, -0.15) is 0 Å². The number of rotatable bonds is 2. The molecule has 7 nitrogen and oxygen atoms in total. The molecule has 2 aliphatic rings. The van der Waals surface area contributed by atoms with Gasteiger partial charge in [0.25, 0.3) is 0 Å². The quantitative estimate of drug-likeness (QED) is 0.741. The average molecular weight is 283 g/mol. The van der Waals surface area contributed by atoms with E-state index in [2.05, 4.69) is 0 Å². The molecule has 0 spiro atoms. The standard InChI is InChI=1S/C13H21N3O4/c1-8-5-16(7-10(8)12(18)19)11(17)9-3-2-4-15(6-9)13(14)20/h8-10H,2-7H2,1H3,(H2,14,20)(H,18,19)/t8-,9?,10-/m1/s1. The van der Waals surface area contributed by atoms with Crippen molar-refractivity contribution in [2.75, 3.05) is 26.2 Å². The highest BCUT2D eigenvalue weighted by Gasteiger charge is 2.39. The Morgan fingerprint density at radius 2 is 1.85 bits per heavy atom. The zero-order valence-electron chi connectivity index (χ0n) is 11.6. The SMILES string of the molecule is C[C@@H]1CN(C(=O)C2CCCN(C(N)=O)C2)C[C@H]1C(=O)O. The van der Waals surface area contributed by atoms with E-state index < -0.39 is 17.9 Å². The maximum Gasteiger partial charge on any atom is 0.314 e. The van der Waals surface area contributed by atoms with Crippen LogP contribution in [0, 0.1) is 17.8 Å². The molecule has 2 heterocycles. The highest BCUT2D eigenvalue weighted by atomic mass is 16.4. The van der Waals surface area contributed by atoms with Crippen LogP contribution >= 0.6 is 0 Å². The van der Waals surface area contributed by atoms with E-state index >= 15 is 0 Å². The molecule has 0 aromatic carbocycles. The average Bonchev–Trinajstić information content (AvgIpc) is 2.80. The van der Waals surface area contributed by atoms with Crippen molar-refractivity contribution in [1.29, 1.82) is 0 Å². The molecular formula is C13H21N3O4.